The summed E-state index contributed by atoms with van der Waals surface area (Å²) in [5.74, 6) is 0.769. The van der Waals surface area contributed by atoms with Crippen molar-refractivity contribution in [3.05, 3.63) is 30.3 Å². The Morgan fingerprint density at radius 3 is 2.60 bits per heavy atom. The van der Waals surface area contributed by atoms with Crippen molar-refractivity contribution < 1.29 is 14.3 Å². The Bertz CT molecular complexity index is 287. The molecule has 0 fully saturated rings. The number of carbonyl (C=O) groups excluding carboxylic acids is 1. The molecular formula is C11H13ClO3. The van der Waals surface area contributed by atoms with Crippen molar-refractivity contribution in [1.82, 2.24) is 0 Å². The molecule has 1 aromatic carbocycles. The van der Waals surface area contributed by atoms with Gasteiger partial charge in [0.25, 0.3) is 0 Å². The van der Waals surface area contributed by atoms with E-state index in [4.69, 9.17) is 21.1 Å². The van der Waals surface area contributed by atoms with Crippen LogP contribution in [0.5, 0.6) is 5.75 Å². The van der Waals surface area contributed by atoms with Crippen molar-refractivity contribution >= 4 is 17.6 Å². The zero-order chi connectivity index (χ0) is 10.9. The minimum atomic E-state index is -0.290. The van der Waals surface area contributed by atoms with Crippen LogP contribution in [0.15, 0.2) is 30.3 Å². The van der Waals surface area contributed by atoms with E-state index in [9.17, 15) is 4.79 Å². The Balaban J connectivity index is 2.10. The normalized spacial score (nSPS) is 9.67. The van der Waals surface area contributed by atoms with Crippen LogP contribution in [0.1, 0.15) is 6.42 Å². The molecule has 0 aromatic heterocycles. The van der Waals surface area contributed by atoms with Gasteiger partial charge in [-0.25, -0.2) is 0 Å². The molecule has 0 amide bonds. The highest BCUT2D eigenvalue weighted by Crippen LogP contribution is 2.07. The molecule has 0 heterocycles. The maximum atomic E-state index is 10.9. The second kappa shape index (κ2) is 7.12. The summed E-state index contributed by atoms with van der Waals surface area (Å²) < 4.78 is 10.2. The van der Waals surface area contributed by atoms with E-state index in [1.807, 2.05) is 30.3 Å². The summed E-state index contributed by atoms with van der Waals surface area (Å²) in [6.07, 6.45) is 0.243. The molecule has 0 atom stereocenters. The van der Waals surface area contributed by atoms with Crippen LogP contribution in [-0.4, -0.2) is 25.1 Å². The largest absolute Gasteiger partial charge is 0.490 e. The highest BCUT2D eigenvalue weighted by atomic mass is 35.5. The van der Waals surface area contributed by atoms with Crippen LogP contribution >= 0.6 is 11.6 Å². The van der Waals surface area contributed by atoms with E-state index in [1.165, 1.54) is 0 Å². The lowest BCUT2D eigenvalue weighted by molar-refractivity contribution is -0.143. The van der Waals surface area contributed by atoms with Crippen LogP contribution < -0.4 is 4.74 Å². The smallest absolute Gasteiger partial charge is 0.307 e. The summed E-state index contributed by atoms with van der Waals surface area (Å²) in [5, 5.41) is 0. The second-order valence-electron chi connectivity index (χ2n) is 2.82. The van der Waals surface area contributed by atoms with Gasteiger partial charge in [-0.05, 0) is 12.1 Å². The zero-order valence-corrected chi connectivity index (χ0v) is 9.07. The number of hydrogen-bond donors (Lipinski definition) is 0. The van der Waals surface area contributed by atoms with Gasteiger partial charge < -0.3 is 9.47 Å². The lowest BCUT2D eigenvalue weighted by Crippen LogP contribution is -2.12. The Morgan fingerprint density at radius 1 is 1.20 bits per heavy atom. The van der Waals surface area contributed by atoms with Gasteiger partial charge in [0, 0.05) is 5.88 Å². The molecule has 0 spiro atoms. The number of ether oxygens (including phenoxy) is 2. The van der Waals surface area contributed by atoms with Gasteiger partial charge in [0.1, 0.15) is 19.0 Å². The molecule has 3 nitrogen and oxygen atoms in total. The third-order valence-corrected chi connectivity index (χ3v) is 1.85. The first-order valence-corrected chi connectivity index (χ1v) is 5.26. The minimum absolute atomic E-state index is 0.243. The van der Waals surface area contributed by atoms with Gasteiger partial charge in [-0.15, -0.1) is 11.6 Å². The van der Waals surface area contributed by atoms with E-state index in [1.54, 1.807) is 0 Å². The maximum Gasteiger partial charge on any atom is 0.307 e. The van der Waals surface area contributed by atoms with Crippen LogP contribution in [0.25, 0.3) is 0 Å². The average Bonchev–Trinajstić information content (AvgIpc) is 2.26. The first-order valence-electron chi connectivity index (χ1n) is 4.72. The number of benzene rings is 1. The molecule has 15 heavy (non-hydrogen) atoms. The lowest BCUT2D eigenvalue weighted by atomic mass is 10.3. The van der Waals surface area contributed by atoms with Gasteiger partial charge in [-0.2, -0.15) is 0 Å². The molecule has 0 saturated heterocycles. The fourth-order valence-corrected chi connectivity index (χ4v) is 1.14. The number of hydrogen-bond acceptors (Lipinski definition) is 3. The van der Waals surface area contributed by atoms with Crippen molar-refractivity contribution in [2.75, 3.05) is 19.1 Å². The van der Waals surface area contributed by atoms with Gasteiger partial charge in [-0.1, -0.05) is 18.2 Å². The van der Waals surface area contributed by atoms with Gasteiger partial charge >= 0.3 is 5.97 Å². The van der Waals surface area contributed by atoms with E-state index < -0.39 is 0 Å². The van der Waals surface area contributed by atoms with Crippen molar-refractivity contribution in [3.8, 4) is 5.75 Å². The monoisotopic (exact) mass is 228 g/mol. The number of rotatable bonds is 6. The van der Waals surface area contributed by atoms with Crippen LogP contribution in [0.4, 0.5) is 0 Å². The predicted octanol–water partition coefficient (Wildman–Crippen LogP) is 2.24. The number of para-hydroxylation sites is 1. The maximum absolute atomic E-state index is 10.9. The molecule has 0 saturated carbocycles. The summed E-state index contributed by atoms with van der Waals surface area (Å²) >= 11 is 5.37. The van der Waals surface area contributed by atoms with Crippen LogP contribution in [0, 0.1) is 0 Å². The Kier molecular flexibility index (Phi) is 5.63. The highest BCUT2D eigenvalue weighted by Gasteiger charge is 2.00. The molecule has 1 rings (SSSR count). The van der Waals surface area contributed by atoms with E-state index in [2.05, 4.69) is 0 Å². The molecule has 0 unspecified atom stereocenters. The standard InChI is InChI=1S/C11H13ClO3/c12-7-6-11(13)15-9-8-14-10-4-2-1-3-5-10/h1-5H,6-9H2. The number of halogens is 1. The van der Waals surface area contributed by atoms with Crippen LogP contribution in [-0.2, 0) is 9.53 Å². The summed E-state index contributed by atoms with van der Waals surface area (Å²) in [6, 6.07) is 9.37. The Labute approximate surface area is 93.9 Å². The van der Waals surface area contributed by atoms with E-state index >= 15 is 0 Å². The van der Waals surface area contributed by atoms with Crippen molar-refractivity contribution in [3.63, 3.8) is 0 Å². The molecule has 82 valence electrons. The number of alkyl halides is 1. The SMILES string of the molecule is O=C(CCCl)OCCOc1ccccc1. The third kappa shape index (κ3) is 5.27. The fourth-order valence-electron chi connectivity index (χ4n) is 0.981. The van der Waals surface area contributed by atoms with E-state index in [-0.39, 0.29) is 19.0 Å². The van der Waals surface area contributed by atoms with Gasteiger partial charge in [0.2, 0.25) is 0 Å². The Morgan fingerprint density at radius 2 is 1.93 bits per heavy atom. The fraction of sp³-hybridized carbons (Fsp3) is 0.364. The highest BCUT2D eigenvalue weighted by molar-refractivity contribution is 6.18. The molecule has 1 aromatic rings. The lowest BCUT2D eigenvalue weighted by Gasteiger charge is -2.06. The molecule has 0 aliphatic rings. The molecule has 0 aliphatic heterocycles. The van der Waals surface area contributed by atoms with Crippen LogP contribution in [0.2, 0.25) is 0 Å². The molecule has 4 heteroatoms. The topological polar surface area (TPSA) is 35.5 Å². The third-order valence-electron chi connectivity index (χ3n) is 1.66. The number of esters is 1. The van der Waals surface area contributed by atoms with E-state index in [0.717, 1.165) is 5.75 Å². The van der Waals surface area contributed by atoms with Gasteiger partial charge in [0.15, 0.2) is 0 Å². The molecule has 0 bridgehead atoms. The summed E-state index contributed by atoms with van der Waals surface area (Å²) in [4.78, 5) is 10.9. The molecule has 0 N–H and O–H groups in total. The summed E-state index contributed by atoms with van der Waals surface area (Å²) in [5.41, 5.74) is 0. The van der Waals surface area contributed by atoms with Crippen molar-refractivity contribution in [2.24, 2.45) is 0 Å². The van der Waals surface area contributed by atoms with E-state index in [0.29, 0.717) is 12.5 Å². The molecular weight excluding hydrogens is 216 g/mol. The van der Waals surface area contributed by atoms with Gasteiger partial charge in [-0.3, -0.25) is 4.79 Å². The molecule has 0 aliphatic carbocycles. The second-order valence-corrected chi connectivity index (χ2v) is 3.20. The van der Waals surface area contributed by atoms with Crippen LogP contribution in [0.3, 0.4) is 0 Å². The van der Waals surface area contributed by atoms with Crippen molar-refractivity contribution in [2.45, 2.75) is 6.42 Å². The quantitative estimate of drug-likeness (QED) is 0.426. The predicted molar refractivity (Wildman–Crippen MR) is 58.2 cm³/mol. The first kappa shape index (κ1) is 11.9. The molecule has 0 radical (unpaired) electrons. The summed E-state index contributed by atoms with van der Waals surface area (Å²) in [6.45, 7) is 0.614. The van der Waals surface area contributed by atoms with Gasteiger partial charge in [0.05, 0.1) is 6.42 Å². The minimum Gasteiger partial charge on any atom is -0.490 e. The average molecular weight is 229 g/mol. The number of carbonyl (C=O) groups is 1. The zero-order valence-electron chi connectivity index (χ0n) is 8.32. The summed E-state index contributed by atoms with van der Waals surface area (Å²) in [7, 11) is 0. The first-order chi connectivity index (χ1) is 7.33. The Hall–Kier alpha value is -1.22. The van der Waals surface area contributed by atoms with Crippen molar-refractivity contribution in [1.29, 1.82) is 0 Å².